The zero-order valence-corrected chi connectivity index (χ0v) is 9.33. The lowest BCUT2D eigenvalue weighted by Crippen LogP contribution is -2.12. The van der Waals surface area contributed by atoms with E-state index in [2.05, 4.69) is 15.6 Å². The van der Waals surface area contributed by atoms with Crippen LogP contribution in [0.15, 0.2) is 6.07 Å². The molecule has 0 aliphatic carbocycles. The highest BCUT2D eigenvalue weighted by atomic mass is 35.5. The Hall–Kier alpha value is -0.810. The lowest BCUT2D eigenvalue weighted by molar-refractivity contribution is 0.163. The predicted molar refractivity (Wildman–Crippen MR) is 58.3 cm³/mol. The number of hydrogen-bond acceptors (Lipinski definition) is 3. The second-order valence-electron chi connectivity index (χ2n) is 2.67. The number of anilines is 2. The van der Waals surface area contributed by atoms with Crippen LogP contribution in [0.3, 0.4) is 0 Å². The Balaban J connectivity index is 2.87. The summed E-state index contributed by atoms with van der Waals surface area (Å²) in [4.78, 5) is 3.94. The van der Waals surface area contributed by atoms with Crippen molar-refractivity contribution < 1.29 is 8.78 Å². The first-order valence-corrected chi connectivity index (χ1v) is 4.86. The van der Waals surface area contributed by atoms with Gasteiger partial charge in [0.05, 0.1) is 16.6 Å². The summed E-state index contributed by atoms with van der Waals surface area (Å²) >= 11 is 11.5. The molecule has 84 valence electrons. The number of aromatic nitrogens is 1. The normalized spacial score (nSPS) is 10.5. The molecule has 0 amide bonds. The second kappa shape index (κ2) is 5.32. The van der Waals surface area contributed by atoms with Gasteiger partial charge in [-0.05, 0) is 6.07 Å². The van der Waals surface area contributed by atoms with E-state index in [4.69, 9.17) is 23.2 Å². The van der Waals surface area contributed by atoms with E-state index in [9.17, 15) is 8.78 Å². The van der Waals surface area contributed by atoms with Gasteiger partial charge in [-0.25, -0.2) is 13.8 Å². The lowest BCUT2D eigenvalue weighted by atomic mass is 10.4. The molecule has 15 heavy (non-hydrogen) atoms. The summed E-state index contributed by atoms with van der Waals surface area (Å²) in [5.74, 6) is 0.573. The Morgan fingerprint density at radius 2 is 1.93 bits per heavy atom. The monoisotopic (exact) mass is 255 g/mol. The highest BCUT2D eigenvalue weighted by molar-refractivity contribution is 6.37. The second-order valence-corrected chi connectivity index (χ2v) is 3.49. The fraction of sp³-hybridized carbons (Fsp3) is 0.375. The summed E-state index contributed by atoms with van der Waals surface area (Å²) in [6.07, 6.45) is -2.46. The highest BCUT2D eigenvalue weighted by Gasteiger charge is 2.09. The standard InChI is InChI=1S/C8H9Cl2F2N3/c1-13-7-4(9)2-5(10)8(15-7)14-3-6(11)12/h2,6H,3H2,1H3,(H2,13,14,15). The molecule has 2 N–H and O–H groups in total. The number of alkyl halides is 2. The Morgan fingerprint density at radius 1 is 1.33 bits per heavy atom. The molecule has 0 fully saturated rings. The molecule has 3 nitrogen and oxygen atoms in total. The molecule has 0 aliphatic heterocycles. The molecule has 0 aromatic carbocycles. The van der Waals surface area contributed by atoms with E-state index in [-0.39, 0.29) is 10.8 Å². The summed E-state index contributed by atoms with van der Waals surface area (Å²) < 4.78 is 23.9. The Labute approximate surface area is 95.8 Å². The highest BCUT2D eigenvalue weighted by Crippen LogP contribution is 2.28. The molecule has 1 aromatic rings. The fourth-order valence-electron chi connectivity index (χ4n) is 0.940. The topological polar surface area (TPSA) is 37.0 Å². The van der Waals surface area contributed by atoms with Crippen LogP contribution in [0, 0.1) is 0 Å². The van der Waals surface area contributed by atoms with Gasteiger partial charge in [0.25, 0.3) is 6.43 Å². The zero-order valence-electron chi connectivity index (χ0n) is 7.82. The maximum Gasteiger partial charge on any atom is 0.255 e. The minimum absolute atomic E-state index is 0.186. The predicted octanol–water partition coefficient (Wildman–Crippen LogP) is 3.11. The van der Waals surface area contributed by atoms with Gasteiger partial charge in [-0.1, -0.05) is 23.2 Å². The van der Waals surface area contributed by atoms with E-state index in [1.165, 1.54) is 6.07 Å². The van der Waals surface area contributed by atoms with Crippen LogP contribution in [0.4, 0.5) is 20.4 Å². The number of nitrogens with one attached hydrogen (secondary N) is 2. The van der Waals surface area contributed by atoms with Crippen molar-refractivity contribution in [1.82, 2.24) is 4.98 Å². The molecule has 1 heterocycles. The van der Waals surface area contributed by atoms with E-state index in [1.54, 1.807) is 7.05 Å². The quantitative estimate of drug-likeness (QED) is 0.869. The average molecular weight is 256 g/mol. The van der Waals surface area contributed by atoms with Crippen molar-refractivity contribution in [1.29, 1.82) is 0 Å². The van der Waals surface area contributed by atoms with Crippen molar-refractivity contribution >= 4 is 34.8 Å². The minimum Gasteiger partial charge on any atom is -0.372 e. The van der Waals surface area contributed by atoms with E-state index < -0.39 is 13.0 Å². The van der Waals surface area contributed by atoms with Gasteiger partial charge in [0.2, 0.25) is 0 Å². The summed E-state index contributed by atoms with van der Waals surface area (Å²) in [6.45, 7) is -0.502. The number of nitrogens with zero attached hydrogens (tertiary/aromatic N) is 1. The van der Waals surface area contributed by atoms with Gasteiger partial charge < -0.3 is 10.6 Å². The summed E-state index contributed by atoms with van der Waals surface area (Å²) in [6, 6.07) is 1.44. The van der Waals surface area contributed by atoms with Crippen molar-refractivity contribution in [3.8, 4) is 0 Å². The number of pyridine rings is 1. The molecular formula is C8H9Cl2F2N3. The van der Waals surface area contributed by atoms with Gasteiger partial charge in [-0.2, -0.15) is 0 Å². The van der Waals surface area contributed by atoms with Crippen LogP contribution in [-0.2, 0) is 0 Å². The molecule has 0 atom stereocenters. The summed E-state index contributed by atoms with van der Waals surface area (Å²) in [5, 5.41) is 5.69. The van der Waals surface area contributed by atoms with Crippen LogP contribution < -0.4 is 10.6 Å². The van der Waals surface area contributed by atoms with Crippen LogP contribution in [-0.4, -0.2) is 25.0 Å². The Kier molecular flexibility index (Phi) is 4.35. The van der Waals surface area contributed by atoms with Crippen LogP contribution in [0.1, 0.15) is 0 Å². The molecule has 0 aliphatic rings. The first-order chi connectivity index (χ1) is 7.04. The SMILES string of the molecule is CNc1nc(NCC(F)F)c(Cl)cc1Cl. The van der Waals surface area contributed by atoms with Crippen LogP contribution >= 0.6 is 23.2 Å². The molecule has 0 saturated carbocycles. The Morgan fingerprint density at radius 3 is 2.47 bits per heavy atom. The van der Waals surface area contributed by atoms with Gasteiger partial charge in [-0.15, -0.1) is 0 Å². The van der Waals surface area contributed by atoms with Gasteiger partial charge in [-0.3, -0.25) is 0 Å². The first-order valence-electron chi connectivity index (χ1n) is 4.10. The molecular weight excluding hydrogens is 247 g/mol. The molecule has 0 saturated heterocycles. The molecule has 0 radical (unpaired) electrons. The average Bonchev–Trinajstić information content (AvgIpc) is 2.16. The van der Waals surface area contributed by atoms with E-state index >= 15 is 0 Å². The van der Waals surface area contributed by atoms with Crippen molar-refractivity contribution in [2.24, 2.45) is 0 Å². The molecule has 0 bridgehead atoms. The number of rotatable bonds is 4. The van der Waals surface area contributed by atoms with Crippen LogP contribution in [0.2, 0.25) is 10.0 Å². The van der Waals surface area contributed by atoms with E-state index in [0.29, 0.717) is 10.8 Å². The lowest BCUT2D eigenvalue weighted by Gasteiger charge is -2.10. The summed E-state index contributed by atoms with van der Waals surface area (Å²) in [5.41, 5.74) is 0. The number of hydrogen-bond donors (Lipinski definition) is 2. The van der Waals surface area contributed by atoms with Crippen LogP contribution in [0.5, 0.6) is 0 Å². The molecule has 1 aromatic heterocycles. The third-order valence-electron chi connectivity index (χ3n) is 1.59. The van der Waals surface area contributed by atoms with Gasteiger partial charge in [0, 0.05) is 7.05 Å². The largest absolute Gasteiger partial charge is 0.372 e. The van der Waals surface area contributed by atoms with E-state index in [0.717, 1.165) is 0 Å². The van der Waals surface area contributed by atoms with Gasteiger partial charge in [0.15, 0.2) is 0 Å². The van der Waals surface area contributed by atoms with Gasteiger partial charge in [0.1, 0.15) is 11.6 Å². The third-order valence-corrected chi connectivity index (χ3v) is 2.17. The van der Waals surface area contributed by atoms with Crippen LogP contribution in [0.25, 0.3) is 0 Å². The van der Waals surface area contributed by atoms with Crippen molar-refractivity contribution in [3.63, 3.8) is 0 Å². The molecule has 1 rings (SSSR count). The smallest absolute Gasteiger partial charge is 0.255 e. The molecule has 0 spiro atoms. The summed E-state index contributed by atoms with van der Waals surface area (Å²) in [7, 11) is 1.62. The first kappa shape index (κ1) is 12.3. The number of halogens is 4. The van der Waals surface area contributed by atoms with Crippen molar-refractivity contribution in [2.75, 3.05) is 24.2 Å². The molecule has 0 unspecified atom stereocenters. The fourth-order valence-corrected chi connectivity index (χ4v) is 1.46. The third kappa shape index (κ3) is 3.35. The maximum atomic E-state index is 11.9. The molecule has 7 heteroatoms. The van der Waals surface area contributed by atoms with Gasteiger partial charge >= 0.3 is 0 Å². The van der Waals surface area contributed by atoms with E-state index in [1.807, 2.05) is 0 Å². The zero-order chi connectivity index (χ0) is 11.4. The Bertz CT molecular complexity index is 347. The minimum atomic E-state index is -2.46. The van der Waals surface area contributed by atoms with Crippen molar-refractivity contribution in [3.05, 3.63) is 16.1 Å². The van der Waals surface area contributed by atoms with Crippen molar-refractivity contribution in [2.45, 2.75) is 6.43 Å². The maximum absolute atomic E-state index is 11.9.